The van der Waals surface area contributed by atoms with Crippen molar-refractivity contribution in [3.05, 3.63) is 89.7 Å². The topological polar surface area (TPSA) is 86.7 Å². The number of pyridine rings is 1. The summed E-state index contributed by atoms with van der Waals surface area (Å²) in [4.78, 5) is 20.1. The van der Waals surface area contributed by atoms with Crippen LogP contribution in [0.15, 0.2) is 73.1 Å². The summed E-state index contributed by atoms with van der Waals surface area (Å²) >= 11 is 0. The van der Waals surface area contributed by atoms with Gasteiger partial charge in [0.2, 0.25) is 0 Å². The van der Waals surface area contributed by atoms with Gasteiger partial charge in [0.15, 0.2) is 11.6 Å². The van der Waals surface area contributed by atoms with Crippen LogP contribution in [0.25, 0.3) is 34.5 Å². The Kier molecular flexibility index (Phi) is 6.35. The molecular weight excluding hydrogens is 488 g/mol. The summed E-state index contributed by atoms with van der Waals surface area (Å²) in [6, 6.07) is 11.7. The summed E-state index contributed by atoms with van der Waals surface area (Å²) < 4.78 is 83.0. The number of nitrogens with zero attached hydrogens (tertiary/aromatic N) is 4. The number of primary amides is 1. The highest BCUT2D eigenvalue weighted by molar-refractivity contribution is 6.22. The van der Waals surface area contributed by atoms with Crippen LogP contribution in [0.2, 0.25) is 0 Å². The summed E-state index contributed by atoms with van der Waals surface area (Å²) in [5.41, 5.74) is 2.41. The number of alkyl halides is 6. The highest BCUT2D eigenvalue weighted by atomic mass is 19.4. The average Bonchev–Trinajstić information content (AvgIpc) is 3.25. The van der Waals surface area contributed by atoms with Crippen molar-refractivity contribution >= 4 is 17.7 Å². The van der Waals surface area contributed by atoms with Crippen molar-refractivity contribution in [3.63, 3.8) is 0 Å². The first-order valence-corrected chi connectivity index (χ1v) is 10.2. The van der Waals surface area contributed by atoms with E-state index < -0.39 is 52.2 Å². The molecule has 2 aromatic heterocycles. The molecule has 4 rings (SSSR count). The van der Waals surface area contributed by atoms with E-state index in [2.05, 4.69) is 15.1 Å². The molecule has 2 aromatic carbocycles. The molecule has 12 heteroatoms. The number of benzene rings is 2. The minimum Gasteiger partial charge on any atom is -0.366 e. The van der Waals surface area contributed by atoms with E-state index in [1.807, 2.05) is 0 Å². The van der Waals surface area contributed by atoms with Crippen LogP contribution in [0.5, 0.6) is 0 Å². The fourth-order valence-corrected chi connectivity index (χ4v) is 3.49. The van der Waals surface area contributed by atoms with E-state index >= 15 is 0 Å². The van der Waals surface area contributed by atoms with Crippen molar-refractivity contribution in [2.45, 2.75) is 12.4 Å². The van der Waals surface area contributed by atoms with E-state index in [-0.39, 0.29) is 11.1 Å². The van der Waals surface area contributed by atoms with Gasteiger partial charge < -0.3 is 5.73 Å². The molecule has 0 aliphatic rings. The van der Waals surface area contributed by atoms with Gasteiger partial charge in [0.25, 0.3) is 5.91 Å². The number of hydrogen-bond donors (Lipinski definition) is 1. The van der Waals surface area contributed by atoms with Crippen molar-refractivity contribution in [2.24, 2.45) is 5.73 Å². The van der Waals surface area contributed by atoms with Crippen molar-refractivity contribution in [2.75, 3.05) is 0 Å². The number of hydrogen-bond acceptors (Lipinski definition) is 4. The predicted molar refractivity (Wildman–Crippen MR) is 118 cm³/mol. The second-order valence-electron chi connectivity index (χ2n) is 7.44. The van der Waals surface area contributed by atoms with Crippen molar-refractivity contribution in [3.8, 4) is 22.8 Å². The molecule has 0 spiro atoms. The number of carbonyl (C=O) groups is 1. The Hall–Kier alpha value is -4.48. The van der Waals surface area contributed by atoms with Gasteiger partial charge >= 0.3 is 12.4 Å². The van der Waals surface area contributed by atoms with Crippen molar-refractivity contribution in [1.82, 2.24) is 19.7 Å². The molecule has 0 aliphatic heterocycles. The molecule has 0 aliphatic carbocycles. The van der Waals surface area contributed by atoms with Crippen LogP contribution in [0, 0.1) is 0 Å². The number of aromatic nitrogens is 4. The Morgan fingerprint density at radius 1 is 0.833 bits per heavy atom. The predicted octanol–water partition coefficient (Wildman–Crippen LogP) is 5.53. The fourth-order valence-electron chi connectivity index (χ4n) is 3.49. The molecule has 0 saturated heterocycles. The zero-order chi connectivity index (χ0) is 26.1. The van der Waals surface area contributed by atoms with Gasteiger partial charge in [-0.3, -0.25) is 9.78 Å². The van der Waals surface area contributed by atoms with E-state index in [1.54, 1.807) is 0 Å². The molecule has 184 valence electrons. The maximum atomic E-state index is 13.8. The van der Waals surface area contributed by atoms with Gasteiger partial charge in [-0.1, -0.05) is 42.5 Å². The van der Waals surface area contributed by atoms with Crippen LogP contribution >= 0.6 is 0 Å². The normalized spacial score (nSPS) is 12.6. The quantitative estimate of drug-likeness (QED) is 0.287. The largest absolute Gasteiger partial charge is 0.417 e. The second kappa shape index (κ2) is 9.29. The third-order valence-corrected chi connectivity index (χ3v) is 5.07. The van der Waals surface area contributed by atoms with E-state index in [0.717, 1.165) is 47.3 Å². The molecule has 0 radical (unpaired) electrons. The van der Waals surface area contributed by atoms with Crippen LogP contribution in [-0.4, -0.2) is 25.7 Å². The highest BCUT2D eigenvalue weighted by Gasteiger charge is 2.37. The van der Waals surface area contributed by atoms with Gasteiger partial charge in [0.1, 0.15) is 0 Å². The molecule has 0 unspecified atom stereocenters. The lowest BCUT2D eigenvalue weighted by Crippen LogP contribution is -2.14. The van der Waals surface area contributed by atoms with Gasteiger partial charge in [-0.15, -0.1) is 5.10 Å². The van der Waals surface area contributed by atoms with Crippen LogP contribution < -0.4 is 5.73 Å². The Morgan fingerprint density at radius 3 is 1.97 bits per heavy atom. The van der Waals surface area contributed by atoms with Crippen LogP contribution in [-0.2, 0) is 17.1 Å². The lowest BCUT2D eigenvalue weighted by Gasteiger charge is -2.12. The highest BCUT2D eigenvalue weighted by Crippen LogP contribution is 2.39. The zero-order valence-electron chi connectivity index (χ0n) is 18.0. The molecule has 1 amide bonds. The van der Waals surface area contributed by atoms with Crippen LogP contribution in [0.1, 0.15) is 16.7 Å². The summed E-state index contributed by atoms with van der Waals surface area (Å²) in [6.45, 7) is 0. The van der Waals surface area contributed by atoms with Crippen molar-refractivity contribution in [1.29, 1.82) is 0 Å². The summed E-state index contributed by atoms with van der Waals surface area (Å²) in [6.07, 6.45) is -5.87. The third kappa shape index (κ3) is 4.97. The number of carbonyl (C=O) groups excluding carboxylic acids is 1. The first-order chi connectivity index (χ1) is 17.0. The molecule has 0 fully saturated rings. The lowest BCUT2D eigenvalue weighted by atomic mass is 10.1. The second-order valence-corrected chi connectivity index (χ2v) is 7.44. The van der Waals surface area contributed by atoms with E-state index in [1.165, 1.54) is 36.7 Å². The molecule has 0 atom stereocenters. The molecule has 0 bridgehead atoms. The maximum Gasteiger partial charge on any atom is 0.417 e. The first-order valence-electron chi connectivity index (χ1n) is 10.2. The number of halogens is 6. The fraction of sp³-hybridized carbons (Fsp3) is 0.0833. The number of amides is 1. The van der Waals surface area contributed by atoms with E-state index in [9.17, 15) is 31.1 Å². The van der Waals surface area contributed by atoms with E-state index in [0.29, 0.717) is 0 Å². The molecule has 0 saturated carbocycles. The summed E-state index contributed by atoms with van der Waals surface area (Å²) in [5, 5.41) is 4.04. The van der Waals surface area contributed by atoms with E-state index in [4.69, 9.17) is 5.73 Å². The molecule has 2 N–H and O–H groups in total. The summed E-state index contributed by atoms with van der Waals surface area (Å²) in [7, 11) is 0. The Balaban J connectivity index is 2.02. The Labute approximate surface area is 199 Å². The summed E-state index contributed by atoms with van der Waals surface area (Å²) in [5.74, 6) is -1.91. The molecule has 6 nitrogen and oxygen atoms in total. The Bertz CT molecular complexity index is 1440. The third-order valence-electron chi connectivity index (χ3n) is 5.07. The SMILES string of the molecule is NC(=O)C(=Cn1nc(-c2ccccc2C(F)(F)F)nc1-c1ccccc1C(F)(F)F)c1cccnc1. The number of nitrogens with two attached hydrogens (primary N) is 1. The first kappa shape index (κ1) is 24.6. The average molecular weight is 503 g/mol. The smallest absolute Gasteiger partial charge is 0.366 e. The van der Waals surface area contributed by atoms with Crippen LogP contribution in [0.3, 0.4) is 0 Å². The maximum absolute atomic E-state index is 13.8. The van der Waals surface area contributed by atoms with Gasteiger partial charge in [-0.05, 0) is 18.2 Å². The van der Waals surface area contributed by atoms with Crippen LogP contribution in [0.4, 0.5) is 26.3 Å². The van der Waals surface area contributed by atoms with Gasteiger partial charge in [0.05, 0.1) is 16.7 Å². The minimum atomic E-state index is -4.81. The van der Waals surface area contributed by atoms with Gasteiger partial charge in [0, 0.05) is 35.3 Å². The Morgan fingerprint density at radius 2 is 1.42 bits per heavy atom. The zero-order valence-corrected chi connectivity index (χ0v) is 18.0. The van der Waals surface area contributed by atoms with Gasteiger partial charge in [-0.2, -0.15) is 26.3 Å². The van der Waals surface area contributed by atoms with Crippen molar-refractivity contribution < 1.29 is 31.1 Å². The monoisotopic (exact) mass is 503 g/mol. The minimum absolute atomic E-state index is 0.200. The number of rotatable bonds is 5. The molecule has 36 heavy (non-hydrogen) atoms. The van der Waals surface area contributed by atoms with Gasteiger partial charge in [-0.25, -0.2) is 9.67 Å². The molecule has 2 heterocycles. The molecular formula is C24H15F6N5O. The standard InChI is InChI=1S/C24H15F6N5O/c25-23(26,27)18-9-3-1-7-15(18)21-33-22(16-8-2-4-10-19(16)24(28,29)30)35(34-21)13-17(20(31)36)14-6-5-11-32-12-14/h1-13H,(H2,31,36). The lowest BCUT2D eigenvalue weighted by molar-refractivity contribution is -0.137. The molecule has 4 aromatic rings.